The zero-order valence-electron chi connectivity index (χ0n) is 11.7. The lowest BCUT2D eigenvalue weighted by Crippen LogP contribution is -2.36. The standard InChI is InChI=1S/C14H20ClNO3S/c1-3-11(2)16-14(17)10-20(18,19)9-13-6-4-12(8-15)5-7-13/h4-7,11H,3,8-10H2,1-2H3,(H,16,17). The lowest BCUT2D eigenvalue weighted by Gasteiger charge is -2.11. The number of alkyl halides is 1. The number of hydrogen-bond acceptors (Lipinski definition) is 3. The third kappa shape index (κ3) is 5.92. The van der Waals surface area contributed by atoms with E-state index >= 15 is 0 Å². The summed E-state index contributed by atoms with van der Waals surface area (Å²) in [6.07, 6.45) is 0.770. The van der Waals surface area contributed by atoms with E-state index < -0.39 is 21.5 Å². The van der Waals surface area contributed by atoms with Gasteiger partial charge in [-0.2, -0.15) is 0 Å². The molecule has 0 heterocycles. The van der Waals surface area contributed by atoms with E-state index in [4.69, 9.17) is 11.6 Å². The van der Waals surface area contributed by atoms with Crippen molar-refractivity contribution >= 4 is 27.3 Å². The first kappa shape index (κ1) is 17.0. The number of amides is 1. The monoisotopic (exact) mass is 317 g/mol. The van der Waals surface area contributed by atoms with Crippen LogP contribution in [-0.2, 0) is 26.3 Å². The zero-order valence-corrected chi connectivity index (χ0v) is 13.3. The Kier molecular flexibility index (Phi) is 6.49. The van der Waals surface area contributed by atoms with Gasteiger partial charge in [0.15, 0.2) is 9.84 Å². The van der Waals surface area contributed by atoms with Crippen molar-refractivity contribution in [3.8, 4) is 0 Å². The van der Waals surface area contributed by atoms with Crippen LogP contribution in [0, 0.1) is 0 Å². The lowest BCUT2D eigenvalue weighted by atomic mass is 10.2. The summed E-state index contributed by atoms with van der Waals surface area (Å²) in [5.41, 5.74) is 1.59. The fourth-order valence-electron chi connectivity index (χ4n) is 1.65. The van der Waals surface area contributed by atoms with E-state index in [0.29, 0.717) is 11.4 Å². The van der Waals surface area contributed by atoms with Gasteiger partial charge in [0.05, 0.1) is 5.75 Å². The molecule has 1 unspecified atom stereocenters. The molecule has 1 N–H and O–H groups in total. The molecular weight excluding hydrogens is 298 g/mol. The molecule has 0 aliphatic carbocycles. The molecule has 0 bridgehead atoms. The van der Waals surface area contributed by atoms with Gasteiger partial charge in [-0.25, -0.2) is 8.42 Å². The average Bonchev–Trinajstić information content (AvgIpc) is 2.38. The molecule has 0 spiro atoms. The number of carbonyl (C=O) groups excluding carboxylic acids is 1. The number of hydrogen-bond donors (Lipinski definition) is 1. The van der Waals surface area contributed by atoms with Crippen molar-refractivity contribution in [3.05, 3.63) is 35.4 Å². The van der Waals surface area contributed by atoms with Gasteiger partial charge in [-0.05, 0) is 24.5 Å². The second-order valence-electron chi connectivity index (χ2n) is 4.86. The minimum atomic E-state index is -3.45. The Morgan fingerprint density at radius 1 is 1.25 bits per heavy atom. The van der Waals surface area contributed by atoms with E-state index in [9.17, 15) is 13.2 Å². The van der Waals surface area contributed by atoms with Gasteiger partial charge in [-0.1, -0.05) is 31.2 Å². The van der Waals surface area contributed by atoms with Crippen molar-refractivity contribution < 1.29 is 13.2 Å². The summed E-state index contributed by atoms with van der Waals surface area (Å²) in [6, 6.07) is 7.01. The highest BCUT2D eigenvalue weighted by atomic mass is 35.5. The first-order chi connectivity index (χ1) is 9.36. The summed E-state index contributed by atoms with van der Waals surface area (Å²) < 4.78 is 23.9. The summed E-state index contributed by atoms with van der Waals surface area (Å²) in [6.45, 7) is 3.77. The van der Waals surface area contributed by atoms with Crippen molar-refractivity contribution in [2.75, 3.05) is 5.75 Å². The van der Waals surface area contributed by atoms with Gasteiger partial charge in [0.2, 0.25) is 5.91 Å². The number of carbonyl (C=O) groups is 1. The van der Waals surface area contributed by atoms with Gasteiger partial charge in [0.1, 0.15) is 5.75 Å². The van der Waals surface area contributed by atoms with Gasteiger partial charge in [0.25, 0.3) is 0 Å². The van der Waals surface area contributed by atoms with Gasteiger partial charge in [-0.3, -0.25) is 4.79 Å². The summed E-state index contributed by atoms with van der Waals surface area (Å²) in [4.78, 5) is 11.6. The molecule has 0 aromatic heterocycles. The van der Waals surface area contributed by atoms with Gasteiger partial charge in [0, 0.05) is 11.9 Å². The summed E-state index contributed by atoms with van der Waals surface area (Å²) in [5.74, 6) is -0.667. The Balaban J connectivity index is 2.62. The van der Waals surface area contributed by atoms with Crippen LogP contribution in [0.5, 0.6) is 0 Å². The molecule has 0 radical (unpaired) electrons. The topological polar surface area (TPSA) is 63.2 Å². The van der Waals surface area contributed by atoms with Crippen LogP contribution < -0.4 is 5.32 Å². The second kappa shape index (κ2) is 7.64. The molecule has 0 saturated carbocycles. The highest BCUT2D eigenvalue weighted by molar-refractivity contribution is 7.91. The van der Waals surface area contributed by atoms with Crippen molar-refractivity contribution in [1.82, 2.24) is 5.32 Å². The van der Waals surface area contributed by atoms with E-state index in [1.165, 1.54) is 0 Å². The molecule has 1 aromatic carbocycles. The Labute approximate surface area is 125 Å². The molecular formula is C14H20ClNO3S. The normalized spacial score (nSPS) is 12.9. The van der Waals surface area contributed by atoms with Crippen LogP contribution in [-0.4, -0.2) is 26.1 Å². The van der Waals surface area contributed by atoms with E-state index in [1.54, 1.807) is 24.3 Å². The molecule has 112 valence electrons. The first-order valence-electron chi connectivity index (χ1n) is 6.50. The van der Waals surface area contributed by atoms with E-state index in [-0.39, 0.29) is 11.8 Å². The minimum Gasteiger partial charge on any atom is -0.353 e. The van der Waals surface area contributed by atoms with Crippen molar-refractivity contribution in [3.63, 3.8) is 0 Å². The van der Waals surface area contributed by atoms with Crippen LogP contribution in [0.2, 0.25) is 0 Å². The highest BCUT2D eigenvalue weighted by Gasteiger charge is 2.18. The molecule has 0 fully saturated rings. The third-order valence-corrected chi connectivity index (χ3v) is 4.72. The van der Waals surface area contributed by atoms with E-state index in [0.717, 1.165) is 12.0 Å². The molecule has 1 aromatic rings. The Morgan fingerprint density at radius 2 is 1.80 bits per heavy atom. The van der Waals surface area contributed by atoms with Crippen LogP contribution in [0.15, 0.2) is 24.3 Å². The van der Waals surface area contributed by atoms with Crippen LogP contribution in [0.1, 0.15) is 31.4 Å². The zero-order chi connectivity index (χ0) is 15.2. The van der Waals surface area contributed by atoms with Gasteiger partial charge >= 0.3 is 0 Å². The minimum absolute atomic E-state index is 0.0132. The molecule has 0 aliphatic heterocycles. The summed E-state index contributed by atoms with van der Waals surface area (Å²) >= 11 is 5.67. The molecule has 4 nitrogen and oxygen atoms in total. The number of rotatable bonds is 7. The molecule has 0 aliphatic rings. The van der Waals surface area contributed by atoms with Crippen LogP contribution in [0.4, 0.5) is 0 Å². The Morgan fingerprint density at radius 3 is 2.30 bits per heavy atom. The maximum Gasteiger partial charge on any atom is 0.235 e. The van der Waals surface area contributed by atoms with Crippen LogP contribution >= 0.6 is 11.6 Å². The largest absolute Gasteiger partial charge is 0.353 e. The SMILES string of the molecule is CCC(C)NC(=O)CS(=O)(=O)Cc1ccc(CCl)cc1. The maximum atomic E-state index is 11.9. The molecule has 6 heteroatoms. The van der Waals surface area contributed by atoms with E-state index in [1.807, 2.05) is 13.8 Å². The molecule has 1 rings (SSSR count). The Bertz CT molecular complexity index is 540. The number of sulfone groups is 1. The summed E-state index contributed by atoms with van der Waals surface area (Å²) in [5, 5.41) is 2.65. The fraction of sp³-hybridized carbons (Fsp3) is 0.500. The quantitative estimate of drug-likeness (QED) is 0.785. The molecule has 20 heavy (non-hydrogen) atoms. The van der Waals surface area contributed by atoms with Crippen LogP contribution in [0.3, 0.4) is 0 Å². The van der Waals surface area contributed by atoms with Crippen LogP contribution in [0.25, 0.3) is 0 Å². The Hall–Kier alpha value is -1.07. The van der Waals surface area contributed by atoms with Gasteiger partial charge in [-0.15, -0.1) is 11.6 Å². The second-order valence-corrected chi connectivity index (χ2v) is 7.19. The summed E-state index contributed by atoms with van der Waals surface area (Å²) in [7, 11) is -3.45. The van der Waals surface area contributed by atoms with Crippen molar-refractivity contribution in [2.45, 2.75) is 37.9 Å². The third-order valence-electron chi connectivity index (χ3n) is 2.93. The molecule has 1 amide bonds. The predicted molar refractivity (Wildman–Crippen MR) is 81.4 cm³/mol. The predicted octanol–water partition coefficient (Wildman–Crippen LogP) is 2.25. The molecule has 1 atom stereocenters. The average molecular weight is 318 g/mol. The highest BCUT2D eigenvalue weighted by Crippen LogP contribution is 2.10. The van der Waals surface area contributed by atoms with Crippen molar-refractivity contribution in [1.29, 1.82) is 0 Å². The smallest absolute Gasteiger partial charge is 0.235 e. The number of benzene rings is 1. The maximum absolute atomic E-state index is 11.9. The van der Waals surface area contributed by atoms with Crippen molar-refractivity contribution in [2.24, 2.45) is 0 Å². The molecule has 0 saturated heterocycles. The number of halogens is 1. The van der Waals surface area contributed by atoms with E-state index in [2.05, 4.69) is 5.32 Å². The number of nitrogens with one attached hydrogen (secondary N) is 1. The first-order valence-corrected chi connectivity index (χ1v) is 8.85. The van der Waals surface area contributed by atoms with Gasteiger partial charge < -0.3 is 5.32 Å². The lowest BCUT2D eigenvalue weighted by molar-refractivity contribution is -0.119. The fourth-order valence-corrected chi connectivity index (χ4v) is 3.11.